The summed E-state index contributed by atoms with van der Waals surface area (Å²) in [6, 6.07) is 16.9. The Balaban J connectivity index is 1.75. The van der Waals surface area contributed by atoms with Gasteiger partial charge >= 0.3 is 0 Å². The summed E-state index contributed by atoms with van der Waals surface area (Å²) in [5, 5.41) is 5.98. The van der Waals surface area contributed by atoms with Crippen molar-refractivity contribution in [2.45, 2.75) is 0 Å². The van der Waals surface area contributed by atoms with Gasteiger partial charge in [-0.15, -0.1) is 0 Å². The van der Waals surface area contributed by atoms with E-state index in [1.165, 1.54) is 6.21 Å². The van der Waals surface area contributed by atoms with Gasteiger partial charge < -0.3 is 4.42 Å². The van der Waals surface area contributed by atoms with Crippen molar-refractivity contribution in [2.75, 3.05) is 0 Å². The Morgan fingerprint density at radius 2 is 1.90 bits per heavy atom. The van der Waals surface area contributed by atoms with E-state index in [1.54, 1.807) is 24.5 Å². The van der Waals surface area contributed by atoms with Gasteiger partial charge in [-0.2, -0.15) is 5.10 Å². The van der Waals surface area contributed by atoms with Gasteiger partial charge in [-0.3, -0.25) is 4.79 Å². The average molecular weight is 264 g/mol. The lowest BCUT2D eigenvalue weighted by Crippen LogP contribution is -2.17. The van der Waals surface area contributed by atoms with Crippen molar-refractivity contribution >= 4 is 22.9 Å². The van der Waals surface area contributed by atoms with Crippen molar-refractivity contribution in [1.82, 2.24) is 5.43 Å². The predicted molar refractivity (Wildman–Crippen MR) is 77.7 cm³/mol. The smallest absolute Gasteiger partial charge is 0.271 e. The van der Waals surface area contributed by atoms with E-state index in [-0.39, 0.29) is 5.91 Å². The number of benzene rings is 2. The molecule has 0 aliphatic rings. The van der Waals surface area contributed by atoms with Crippen LogP contribution in [-0.2, 0) is 0 Å². The molecule has 4 heteroatoms. The molecule has 1 aromatic heterocycles. The van der Waals surface area contributed by atoms with Gasteiger partial charge in [0.1, 0.15) is 5.76 Å². The molecule has 0 radical (unpaired) electrons. The molecule has 0 saturated heterocycles. The molecule has 0 aliphatic carbocycles. The van der Waals surface area contributed by atoms with Gasteiger partial charge in [0.05, 0.1) is 12.5 Å². The molecule has 3 rings (SSSR count). The summed E-state index contributed by atoms with van der Waals surface area (Å²) in [4.78, 5) is 12.0. The van der Waals surface area contributed by atoms with Crippen LogP contribution in [-0.4, -0.2) is 12.1 Å². The van der Waals surface area contributed by atoms with Gasteiger partial charge in [0.2, 0.25) is 0 Å². The molecule has 2 aromatic carbocycles. The van der Waals surface area contributed by atoms with Gasteiger partial charge in [-0.1, -0.05) is 30.3 Å². The zero-order valence-electron chi connectivity index (χ0n) is 10.6. The highest BCUT2D eigenvalue weighted by Crippen LogP contribution is 2.15. The molecule has 4 nitrogen and oxygen atoms in total. The van der Waals surface area contributed by atoms with Crippen molar-refractivity contribution in [3.05, 3.63) is 72.2 Å². The first kappa shape index (κ1) is 12.2. The predicted octanol–water partition coefficient (Wildman–Crippen LogP) is 3.20. The van der Waals surface area contributed by atoms with E-state index in [0.717, 1.165) is 10.8 Å². The van der Waals surface area contributed by atoms with E-state index in [4.69, 9.17) is 4.42 Å². The number of hydrogen-bond acceptors (Lipinski definition) is 3. The minimum Gasteiger partial charge on any atom is -0.463 e. The number of hydrazone groups is 1. The maximum atomic E-state index is 12.0. The third-order valence-electron chi connectivity index (χ3n) is 2.91. The first-order valence-corrected chi connectivity index (χ1v) is 6.19. The molecule has 0 bridgehead atoms. The summed E-state index contributed by atoms with van der Waals surface area (Å²) >= 11 is 0. The normalized spacial score (nSPS) is 11.0. The second-order valence-electron chi connectivity index (χ2n) is 4.28. The lowest BCUT2D eigenvalue weighted by Gasteiger charge is -2.02. The van der Waals surface area contributed by atoms with E-state index in [0.29, 0.717) is 11.3 Å². The lowest BCUT2D eigenvalue weighted by molar-refractivity contribution is 0.0955. The van der Waals surface area contributed by atoms with Crippen LogP contribution in [0.25, 0.3) is 10.8 Å². The van der Waals surface area contributed by atoms with Gasteiger partial charge in [0.15, 0.2) is 0 Å². The highest BCUT2D eigenvalue weighted by molar-refractivity contribution is 5.98. The first-order chi connectivity index (χ1) is 9.83. The standard InChI is InChI=1S/C16H12N2O2/c19-16(18-17-11-15-6-3-9-20-15)14-8-7-12-4-1-2-5-13(12)10-14/h1-11H,(H,18,19)/b17-11-. The number of hydrogen-bond donors (Lipinski definition) is 1. The number of nitrogens with zero attached hydrogens (tertiary/aromatic N) is 1. The minimum atomic E-state index is -0.251. The molecule has 20 heavy (non-hydrogen) atoms. The summed E-state index contributed by atoms with van der Waals surface area (Å²) < 4.78 is 5.08. The summed E-state index contributed by atoms with van der Waals surface area (Å²) in [5.74, 6) is 0.336. The quantitative estimate of drug-likeness (QED) is 0.583. The zero-order chi connectivity index (χ0) is 13.8. The van der Waals surface area contributed by atoms with Crippen LogP contribution in [0.15, 0.2) is 70.4 Å². The maximum Gasteiger partial charge on any atom is 0.271 e. The topological polar surface area (TPSA) is 54.6 Å². The molecule has 0 unspecified atom stereocenters. The van der Waals surface area contributed by atoms with Crippen molar-refractivity contribution in [2.24, 2.45) is 5.10 Å². The molecule has 1 heterocycles. The average Bonchev–Trinajstić information content (AvgIpc) is 3.00. The van der Waals surface area contributed by atoms with Crippen LogP contribution in [0.3, 0.4) is 0 Å². The molecule has 0 atom stereocenters. The highest BCUT2D eigenvalue weighted by atomic mass is 16.3. The van der Waals surface area contributed by atoms with Crippen molar-refractivity contribution in [3.8, 4) is 0 Å². The van der Waals surface area contributed by atoms with Crippen molar-refractivity contribution in [1.29, 1.82) is 0 Å². The molecular weight excluding hydrogens is 252 g/mol. The molecule has 3 aromatic rings. The fraction of sp³-hybridized carbons (Fsp3) is 0. The Morgan fingerprint density at radius 3 is 2.70 bits per heavy atom. The second kappa shape index (κ2) is 5.40. The van der Waals surface area contributed by atoms with Crippen LogP contribution < -0.4 is 5.43 Å². The Hall–Kier alpha value is -2.88. The number of amides is 1. The Morgan fingerprint density at radius 1 is 1.05 bits per heavy atom. The van der Waals surface area contributed by atoms with Crippen molar-refractivity contribution in [3.63, 3.8) is 0 Å². The third-order valence-corrected chi connectivity index (χ3v) is 2.91. The molecule has 1 amide bonds. The van der Waals surface area contributed by atoms with Crippen LogP contribution in [0.4, 0.5) is 0 Å². The number of carbonyl (C=O) groups is 1. The fourth-order valence-corrected chi connectivity index (χ4v) is 1.91. The molecule has 0 aliphatic heterocycles. The van der Waals surface area contributed by atoms with Gasteiger partial charge in [-0.05, 0) is 35.0 Å². The third kappa shape index (κ3) is 2.59. The number of rotatable bonds is 3. The van der Waals surface area contributed by atoms with E-state index in [2.05, 4.69) is 10.5 Å². The fourth-order valence-electron chi connectivity index (χ4n) is 1.91. The highest BCUT2D eigenvalue weighted by Gasteiger charge is 2.04. The molecule has 1 N–H and O–H groups in total. The SMILES string of the molecule is O=C(N/N=C\c1ccco1)c1ccc2ccccc2c1. The molecular formula is C16H12N2O2. The Bertz CT molecular complexity index is 761. The summed E-state index contributed by atoms with van der Waals surface area (Å²) in [5.41, 5.74) is 3.04. The number of carbonyl (C=O) groups excluding carboxylic acids is 1. The van der Waals surface area contributed by atoms with Crippen LogP contribution in [0, 0.1) is 0 Å². The summed E-state index contributed by atoms with van der Waals surface area (Å²) in [7, 11) is 0. The number of nitrogens with one attached hydrogen (secondary N) is 1. The van der Waals surface area contributed by atoms with Crippen LogP contribution in [0.2, 0.25) is 0 Å². The van der Waals surface area contributed by atoms with Gasteiger partial charge in [0, 0.05) is 5.56 Å². The van der Waals surface area contributed by atoms with E-state index in [9.17, 15) is 4.79 Å². The zero-order valence-corrected chi connectivity index (χ0v) is 10.6. The Labute approximate surface area is 115 Å². The van der Waals surface area contributed by atoms with Crippen LogP contribution in [0.1, 0.15) is 16.1 Å². The number of fused-ring (bicyclic) bond motifs is 1. The van der Waals surface area contributed by atoms with Gasteiger partial charge in [-0.25, -0.2) is 5.43 Å². The monoisotopic (exact) mass is 264 g/mol. The van der Waals surface area contributed by atoms with Crippen molar-refractivity contribution < 1.29 is 9.21 Å². The van der Waals surface area contributed by atoms with Gasteiger partial charge in [0.25, 0.3) is 5.91 Å². The lowest BCUT2D eigenvalue weighted by atomic mass is 10.1. The Kier molecular flexibility index (Phi) is 3.29. The van der Waals surface area contributed by atoms with E-state index >= 15 is 0 Å². The molecule has 0 spiro atoms. The van der Waals surface area contributed by atoms with E-state index < -0.39 is 0 Å². The van der Waals surface area contributed by atoms with Crippen LogP contribution >= 0.6 is 0 Å². The molecule has 0 saturated carbocycles. The first-order valence-electron chi connectivity index (χ1n) is 6.19. The van der Waals surface area contributed by atoms with E-state index in [1.807, 2.05) is 36.4 Å². The number of furan rings is 1. The van der Waals surface area contributed by atoms with Crippen LogP contribution in [0.5, 0.6) is 0 Å². The minimum absolute atomic E-state index is 0.251. The largest absolute Gasteiger partial charge is 0.463 e. The maximum absolute atomic E-state index is 12.0. The summed E-state index contributed by atoms with van der Waals surface area (Å²) in [6.07, 6.45) is 3.01. The summed E-state index contributed by atoms with van der Waals surface area (Å²) in [6.45, 7) is 0. The second-order valence-corrected chi connectivity index (χ2v) is 4.28. The molecule has 0 fully saturated rings. The molecule has 98 valence electrons.